The number of carbonyl (C=O) groups excluding carboxylic acids is 1. The average Bonchev–Trinajstić information content (AvgIpc) is 2.65. The number of hydrogen-bond acceptors (Lipinski definition) is 3. The molecule has 0 aliphatic carbocycles. The number of anilines is 1. The number of nitrogens with zero attached hydrogens (tertiary/aromatic N) is 1. The Hall–Kier alpha value is -2.51. The minimum Gasteiger partial charge on any atom is -0.308 e. The summed E-state index contributed by atoms with van der Waals surface area (Å²) in [6.07, 6.45) is 3.06. The number of sulfonamides is 1. The number of fused-ring (bicyclic) bond motifs is 1. The molecule has 1 heterocycles. The summed E-state index contributed by atoms with van der Waals surface area (Å²) < 4.78 is 40.9. The second-order valence-electron chi connectivity index (χ2n) is 6.48. The Kier molecular flexibility index (Phi) is 5.43. The molecular weight excluding hydrogens is 367 g/mol. The van der Waals surface area contributed by atoms with E-state index in [0.717, 1.165) is 41.8 Å². The number of hydrogen-bond donors (Lipinski definition) is 1. The van der Waals surface area contributed by atoms with E-state index in [1.807, 2.05) is 19.1 Å². The first-order valence-electron chi connectivity index (χ1n) is 8.65. The number of carbonyl (C=O) groups is 1. The monoisotopic (exact) mass is 388 g/mol. The lowest BCUT2D eigenvalue weighted by molar-refractivity contribution is 0.0985. The number of halogens is 1. The molecule has 1 amide bonds. The number of aryl methyl sites for hydroxylation is 2. The smallest absolute Gasteiger partial charge is 0.258 e. The predicted molar refractivity (Wildman–Crippen MR) is 103 cm³/mol. The largest absolute Gasteiger partial charge is 0.308 e. The Labute approximate surface area is 158 Å². The van der Waals surface area contributed by atoms with Crippen molar-refractivity contribution in [3.8, 4) is 0 Å². The zero-order valence-electron chi connectivity index (χ0n) is 15.0. The molecule has 5 nitrogen and oxygen atoms in total. The molecule has 0 spiro atoms. The van der Waals surface area contributed by atoms with Gasteiger partial charge in [0.2, 0.25) is 10.0 Å². The van der Waals surface area contributed by atoms with E-state index in [9.17, 15) is 17.6 Å². The molecule has 2 aromatic rings. The molecule has 1 aliphatic rings. The third kappa shape index (κ3) is 3.94. The maximum atomic E-state index is 14.1. The molecule has 0 atom stereocenters. The highest BCUT2D eigenvalue weighted by Crippen LogP contribution is 2.30. The Bertz CT molecular complexity index is 1000. The van der Waals surface area contributed by atoms with Crippen LogP contribution < -0.4 is 9.62 Å². The van der Waals surface area contributed by atoms with Crippen molar-refractivity contribution in [2.45, 2.75) is 24.7 Å². The van der Waals surface area contributed by atoms with Crippen LogP contribution in [0.2, 0.25) is 0 Å². The van der Waals surface area contributed by atoms with Gasteiger partial charge in [-0.15, -0.1) is 6.58 Å². The van der Waals surface area contributed by atoms with Crippen LogP contribution in [0.5, 0.6) is 0 Å². The molecule has 0 unspecified atom stereocenters. The van der Waals surface area contributed by atoms with Crippen molar-refractivity contribution in [1.82, 2.24) is 4.72 Å². The lowest BCUT2D eigenvalue weighted by atomic mass is 9.99. The van der Waals surface area contributed by atoms with Crippen molar-refractivity contribution in [2.24, 2.45) is 0 Å². The molecule has 2 aromatic carbocycles. The standard InChI is InChI=1S/C20H21FN2O3S/c1-3-10-22-27(25,26)19-13-16(7-8-17(19)21)20(24)23-11-4-5-15-12-14(2)6-9-18(15)23/h3,6-9,12-13,22H,1,4-5,10-11H2,2H3. The van der Waals surface area contributed by atoms with E-state index >= 15 is 0 Å². The molecule has 3 rings (SSSR count). The molecule has 1 aliphatic heterocycles. The summed E-state index contributed by atoms with van der Waals surface area (Å²) >= 11 is 0. The fourth-order valence-electron chi connectivity index (χ4n) is 3.18. The number of benzene rings is 2. The van der Waals surface area contributed by atoms with Crippen LogP contribution in [0.1, 0.15) is 27.9 Å². The lowest BCUT2D eigenvalue weighted by Gasteiger charge is -2.30. The molecule has 0 fully saturated rings. The van der Waals surface area contributed by atoms with Crippen molar-refractivity contribution in [3.63, 3.8) is 0 Å². The van der Waals surface area contributed by atoms with Crippen LogP contribution in [-0.4, -0.2) is 27.4 Å². The van der Waals surface area contributed by atoms with Gasteiger partial charge in [0.1, 0.15) is 10.7 Å². The Morgan fingerprint density at radius 2 is 2.07 bits per heavy atom. The molecule has 0 radical (unpaired) electrons. The molecule has 0 aromatic heterocycles. The maximum absolute atomic E-state index is 14.1. The van der Waals surface area contributed by atoms with E-state index in [1.165, 1.54) is 12.1 Å². The molecule has 0 bridgehead atoms. The average molecular weight is 388 g/mol. The number of nitrogens with one attached hydrogen (secondary N) is 1. The molecular formula is C20H21FN2O3S. The molecule has 1 N–H and O–H groups in total. The normalized spacial score (nSPS) is 13.9. The van der Waals surface area contributed by atoms with Crippen molar-refractivity contribution in [2.75, 3.05) is 18.0 Å². The van der Waals surface area contributed by atoms with Gasteiger partial charge in [-0.2, -0.15) is 0 Å². The van der Waals surface area contributed by atoms with Crippen molar-refractivity contribution >= 4 is 21.6 Å². The summed E-state index contributed by atoms with van der Waals surface area (Å²) in [5.41, 5.74) is 3.14. The summed E-state index contributed by atoms with van der Waals surface area (Å²) in [6.45, 7) is 5.93. The van der Waals surface area contributed by atoms with Gasteiger partial charge in [-0.05, 0) is 49.6 Å². The van der Waals surface area contributed by atoms with Crippen LogP contribution in [0, 0.1) is 12.7 Å². The van der Waals surface area contributed by atoms with Gasteiger partial charge in [0.25, 0.3) is 5.91 Å². The van der Waals surface area contributed by atoms with E-state index in [4.69, 9.17) is 0 Å². The predicted octanol–water partition coefficient (Wildman–Crippen LogP) is 3.19. The maximum Gasteiger partial charge on any atom is 0.258 e. The first kappa shape index (κ1) is 19.3. The van der Waals surface area contributed by atoms with E-state index in [2.05, 4.69) is 17.4 Å². The summed E-state index contributed by atoms with van der Waals surface area (Å²) in [5, 5.41) is 0. The SMILES string of the molecule is C=CCNS(=O)(=O)c1cc(C(=O)N2CCCc3cc(C)ccc32)ccc1F. The van der Waals surface area contributed by atoms with Gasteiger partial charge in [0.15, 0.2) is 0 Å². The first-order chi connectivity index (χ1) is 12.8. The van der Waals surface area contributed by atoms with Crippen LogP contribution in [-0.2, 0) is 16.4 Å². The second kappa shape index (κ2) is 7.62. The third-order valence-corrected chi connectivity index (χ3v) is 5.92. The summed E-state index contributed by atoms with van der Waals surface area (Å²) in [7, 11) is -4.07. The summed E-state index contributed by atoms with van der Waals surface area (Å²) in [4.78, 5) is 14.1. The fourth-order valence-corrected chi connectivity index (χ4v) is 4.28. The van der Waals surface area contributed by atoms with E-state index < -0.39 is 20.7 Å². The van der Waals surface area contributed by atoms with Gasteiger partial charge in [-0.3, -0.25) is 4.79 Å². The zero-order chi connectivity index (χ0) is 19.6. The second-order valence-corrected chi connectivity index (χ2v) is 8.21. The quantitative estimate of drug-likeness (QED) is 0.800. The van der Waals surface area contributed by atoms with Gasteiger partial charge in [0, 0.05) is 24.3 Å². The fraction of sp³-hybridized carbons (Fsp3) is 0.250. The van der Waals surface area contributed by atoms with Gasteiger partial charge < -0.3 is 4.90 Å². The molecule has 142 valence electrons. The van der Waals surface area contributed by atoms with Crippen LogP contribution in [0.25, 0.3) is 0 Å². The van der Waals surface area contributed by atoms with Crippen LogP contribution >= 0.6 is 0 Å². The highest BCUT2D eigenvalue weighted by molar-refractivity contribution is 7.89. The Balaban J connectivity index is 1.98. The van der Waals surface area contributed by atoms with E-state index in [-0.39, 0.29) is 18.0 Å². The first-order valence-corrected chi connectivity index (χ1v) is 10.1. The topological polar surface area (TPSA) is 66.5 Å². The van der Waals surface area contributed by atoms with Crippen molar-refractivity contribution < 1.29 is 17.6 Å². The highest BCUT2D eigenvalue weighted by Gasteiger charge is 2.26. The summed E-state index contributed by atoms with van der Waals surface area (Å²) in [6, 6.07) is 9.29. The highest BCUT2D eigenvalue weighted by atomic mass is 32.2. The van der Waals surface area contributed by atoms with Crippen LogP contribution in [0.3, 0.4) is 0 Å². The molecule has 0 saturated heterocycles. The minimum atomic E-state index is -4.07. The zero-order valence-corrected chi connectivity index (χ0v) is 15.9. The van der Waals surface area contributed by atoms with Crippen LogP contribution in [0.4, 0.5) is 10.1 Å². The Morgan fingerprint density at radius 3 is 2.81 bits per heavy atom. The number of amides is 1. The summed E-state index contributed by atoms with van der Waals surface area (Å²) in [5.74, 6) is -1.25. The van der Waals surface area contributed by atoms with Gasteiger partial charge in [-0.25, -0.2) is 17.5 Å². The van der Waals surface area contributed by atoms with Gasteiger partial charge >= 0.3 is 0 Å². The molecule has 27 heavy (non-hydrogen) atoms. The van der Waals surface area contributed by atoms with E-state index in [0.29, 0.717) is 6.54 Å². The van der Waals surface area contributed by atoms with Gasteiger partial charge in [0.05, 0.1) is 0 Å². The van der Waals surface area contributed by atoms with E-state index in [1.54, 1.807) is 4.90 Å². The van der Waals surface area contributed by atoms with Gasteiger partial charge in [-0.1, -0.05) is 23.8 Å². The van der Waals surface area contributed by atoms with Crippen molar-refractivity contribution in [1.29, 1.82) is 0 Å². The van der Waals surface area contributed by atoms with Crippen molar-refractivity contribution in [3.05, 3.63) is 71.6 Å². The molecule has 0 saturated carbocycles. The molecule has 7 heteroatoms. The Morgan fingerprint density at radius 1 is 1.30 bits per heavy atom. The van der Waals surface area contributed by atoms with Crippen LogP contribution in [0.15, 0.2) is 53.9 Å². The third-order valence-electron chi connectivity index (χ3n) is 4.48. The minimum absolute atomic E-state index is 0.0290. The lowest BCUT2D eigenvalue weighted by Crippen LogP contribution is -2.35. The number of rotatable bonds is 5.